The van der Waals surface area contributed by atoms with Gasteiger partial charge >= 0.3 is 23.9 Å². The molecule has 0 aliphatic carbocycles. The van der Waals surface area contributed by atoms with E-state index in [2.05, 4.69) is 0 Å². The number of carbonyl (C=O) groups is 6. The topological polar surface area (TPSA) is 196 Å². The van der Waals surface area contributed by atoms with Crippen molar-refractivity contribution in [3.8, 4) is 23.0 Å². The second-order valence-corrected chi connectivity index (χ2v) is 10.8. The maximum atomic E-state index is 12.5. The smallest absolute Gasteiger partial charge is 0.303 e. The summed E-state index contributed by atoms with van der Waals surface area (Å²) in [5.41, 5.74) is 1.08. The SMILES string of the molecule is COc1cc(/C=C/C(=O)CC(=O)/C=C/c2ccc(O[C@@H]3O[C@H](COC(C)=O)[C@@H](OC(C)=O)[C@H](OC(C)=O)[C@H]3OC(C)=O)c(OC)c2)ccc1O. The van der Waals surface area contributed by atoms with Crippen LogP contribution in [0.1, 0.15) is 45.2 Å². The van der Waals surface area contributed by atoms with Gasteiger partial charge in [-0.05, 0) is 47.5 Å². The minimum Gasteiger partial charge on any atom is -0.504 e. The van der Waals surface area contributed by atoms with Crippen molar-refractivity contribution in [3.63, 3.8) is 0 Å². The second-order valence-electron chi connectivity index (χ2n) is 10.8. The number of phenolic OH excluding ortho intramolecular Hbond substituents is 1. The van der Waals surface area contributed by atoms with Crippen LogP contribution in [0.15, 0.2) is 48.6 Å². The average molecular weight is 699 g/mol. The van der Waals surface area contributed by atoms with Gasteiger partial charge in [0.1, 0.15) is 12.7 Å². The van der Waals surface area contributed by atoms with Gasteiger partial charge in [-0.15, -0.1) is 0 Å². The third-order valence-corrected chi connectivity index (χ3v) is 6.85. The Hall–Kier alpha value is -5.70. The number of hydrogen-bond acceptors (Lipinski definition) is 15. The van der Waals surface area contributed by atoms with Crippen molar-refractivity contribution in [2.75, 3.05) is 20.8 Å². The van der Waals surface area contributed by atoms with Gasteiger partial charge in [0.15, 0.2) is 46.8 Å². The molecule has 0 spiro atoms. The summed E-state index contributed by atoms with van der Waals surface area (Å²) in [6, 6.07) is 9.09. The summed E-state index contributed by atoms with van der Waals surface area (Å²) >= 11 is 0. The van der Waals surface area contributed by atoms with Gasteiger partial charge in [-0.1, -0.05) is 24.3 Å². The minimum atomic E-state index is -1.49. The molecule has 15 heteroatoms. The van der Waals surface area contributed by atoms with E-state index in [1.54, 1.807) is 12.1 Å². The molecule has 1 N–H and O–H groups in total. The lowest BCUT2D eigenvalue weighted by atomic mass is 9.98. The van der Waals surface area contributed by atoms with Crippen molar-refractivity contribution in [2.24, 2.45) is 0 Å². The van der Waals surface area contributed by atoms with Gasteiger partial charge in [0, 0.05) is 27.7 Å². The molecule has 3 rings (SSSR count). The zero-order chi connectivity index (χ0) is 37.0. The zero-order valence-electron chi connectivity index (χ0n) is 28.2. The van der Waals surface area contributed by atoms with Crippen LogP contribution in [0.3, 0.4) is 0 Å². The van der Waals surface area contributed by atoms with Crippen LogP contribution in [0.25, 0.3) is 12.2 Å². The van der Waals surface area contributed by atoms with E-state index in [0.717, 1.165) is 27.7 Å². The molecule has 1 saturated heterocycles. The number of benzene rings is 2. The van der Waals surface area contributed by atoms with Gasteiger partial charge in [-0.3, -0.25) is 28.8 Å². The van der Waals surface area contributed by atoms with E-state index in [0.29, 0.717) is 11.1 Å². The number of esters is 4. The van der Waals surface area contributed by atoms with Gasteiger partial charge in [-0.25, -0.2) is 0 Å². The molecule has 268 valence electrons. The van der Waals surface area contributed by atoms with Gasteiger partial charge in [-0.2, -0.15) is 0 Å². The number of methoxy groups -OCH3 is 2. The fourth-order valence-corrected chi connectivity index (χ4v) is 4.76. The minimum absolute atomic E-state index is 0.0479. The van der Waals surface area contributed by atoms with Gasteiger partial charge < -0.3 is 43.0 Å². The van der Waals surface area contributed by atoms with Crippen LogP contribution in [0.5, 0.6) is 23.0 Å². The molecular formula is C35H38O15. The summed E-state index contributed by atoms with van der Waals surface area (Å²) in [5.74, 6) is -3.54. The monoisotopic (exact) mass is 698 g/mol. The predicted octanol–water partition coefficient (Wildman–Crippen LogP) is 3.13. The number of carbonyl (C=O) groups excluding carboxylic acids is 6. The molecule has 2 aromatic carbocycles. The average Bonchev–Trinajstić information content (AvgIpc) is 3.04. The molecule has 0 bridgehead atoms. The Kier molecular flexibility index (Phi) is 14.1. The largest absolute Gasteiger partial charge is 0.504 e. The molecule has 1 aliphatic rings. The van der Waals surface area contributed by atoms with Crippen molar-refractivity contribution in [2.45, 2.75) is 64.8 Å². The van der Waals surface area contributed by atoms with Crippen LogP contribution in [0.2, 0.25) is 0 Å². The summed E-state index contributed by atoms with van der Waals surface area (Å²) in [6.45, 7) is 4.04. The maximum Gasteiger partial charge on any atom is 0.303 e. The lowest BCUT2D eigenvalue weighted by Gasteiger charge is -2.44. The lowest BCUT2D eigenvalue weighted by Crippen LogP contribution is -2.63. The highest BCUT2D eigenvalue weighted by Gasteiger charge is 2.53. The Morgan fingerprint density at radius 1 is 0.680 bits per heavy atom. The van der Waals surface area contributed by atoms with E-state index in [9.17, 15) is 33.9 Å². The third-order valence-electron chi connectivity index (χ3n) is 6.85. The number of aromatic hydroxyl groups is 1. The van der Waals surface area contributed by atoms with Crippen LogP contribution in [-0.2, 0) is 52.5 Å². The van der Waals surface area contributed by atoms with E-state index in [4.69, 9.17) is 37.9 Å². The lowest BCUT2D eigenvalue weighted by molar-refractivity contribution is -0.288. The van der Waals surface area contributed by atoms with Crippen LogP contribution in [0.4, 0.5) is 0 Å². The predicted molar refractivity (Wildman–Crippen MR) is 173 cm³/mol. The Morgan fingerprint density at radius 2 is 1.20 bits per heavy atom. The fraction of sp³-hybridized carbons (Fsp3) is 0.371. The highest BCUT2D eigenvalue weighted by atomic mass is 16.7. The Bertz CT molecular complexity index is 1640. The molecule has 15 nitrogen and oxygen atoms in total. The highest BCUT2D eigenvalue weighted by Crippen LogP contribution is 2.35. The molecule has 50 heavy (non-hydrogen) atoms. The summed E-state index contributed by atoms with van der Waals surface area (Å²) in [4.78, 5) is 72.6. The Morgan fingerprint density at radius 3 is 1.74 bits per heavy atom. The van der Waals surface area contributed by atoms with Crippen molar-refractivity contribution in [1.82, 2.24) is 0 Å². The van der Waals surface area contributed by atoms with Crippen LogP contribution >= 0.6 is 0 Å². The Balaban J connectivity index is 1.80. The van der Waals surface area contributed by atoms with Crippen molar-refractivity contribution < 1.29 is 71.8 Å². The van der Waals surface area contributed by atoms with Gasteiger partial charge in [0.05, 0.1) is 20.6 Å². The molecule has 5 atom stereocenters. The molecule has 0 unspecified atom stereocenters. The van der Waals surface area contributed by atoms with Gasteiger partial charge in [0.25, 0.3) is 0 Å². The van der Waals surface area contributed by atoms with E-state index in [1.807, 2.05) is 0 Å². The molecule has 0 radical (unpaired) electrons. The van der Waals surface area contributed by atoms with Crippen LogP contribution in [0, 0.1) is 0 Å². The molecular weight excluding hydrogens is 660 g/mol. The van der Waals surface area contributed by atoms with Gasteiger partial charge in [0.2, 0.25) is 12.4 Å². The van der Waals surface area contributed by atoms with Crippen molar-refractivity contribution in [1.29, 1.82) is 0 Å². The zero-order valence-corrected chi connectivity index (χ0v) is 28.2. The number of allylic oxidation sites excluding steroid dienone is 2. The third kappa shape index (κ3) is 11.5. The summed E-state index contributed by atoms with van der Waals surface area (Å²) < 4.78 is 43.8. The first-order chi connectivity index (χ1) is 23.7. The first-order valence-corrected chi connectivity index (χ1v) is 15.1. The summed E-state index contributed by atoms with van der Waals surface area (Å²) in [5, 5.41) is 9.71. The van der Waals surface area contributed by atoms with Crippen LogP contribution in [-0.4, -0.2) is 92.1 Å². The highest BCUT2D eigenvalue weighted by molar-refractivity contribution is 6.10. The normalized spacial score (nSPS) is 20.1. The second kappa shape index (κ2) is 18.2. The molecule has 1 aliphatic heterocycles. The number of ketones is 2. The fourth-order valence-electron chi connectivity index (χ4n) is 4.76. The number of phenols is 1. The van der Waals surface area contributed by atoms with Crippen LogP contribution < -0.4 is 14.2 Å². The molecule has 1 heterocycles. The summed E-state index contributed by atoms with van der Waals surface area (Å²) in [6.07, 6.45) is -1.92. The van der Waals surface area contributed by atoms with Crippen molar-refractivity contribution >= 4 is 47.6 Å². The number of ether oxygens (including phenoxy) is 8. The quantitative estimate of drug-likeness (QED) is 0.123. The molecule has 0 saturated carbocycles. The van der Waals surface area contributed by atoms with E-state index >= 15 is 0 Å². The molecule has 2 aromatic rings. The maximum absolute atomic E-state index is 12.5. The first kappa shape index (κ1) is 38.7. The van der Waals surface area contributed by atoms with E-state index in [-0.39, 0.29) is 23.0 Å². The van der Waals surface area contributed by atoms with Crippen molar-refractivity contribution in [3.05, 3.63) is 59.7 Å². The number of rotatable bonds is 15. The Labute approximate surface area is 287 Å². The molecule has 1 fully saturated rings. The first-order valence-electron chi connectivity index (χ1n) is 15.1. The molecule has 0 aromatic heterocycles. The number of hydrogen-bond donors (Lipinski definition) is 1. The van der Waals surface area contributed by atoms with E-state index in [1.165, 1.54) is 62.8 Å². The van der Waals surface area contributed by atoms with E-state index < -0.39 is 79.2 Å². The standard InChI is InChI=1S/C35H38O15/c1-19(36)45-18-31-32(46-20(2)37)33(47-21(3)38)34(48-22(4)39)35(50-31)49-28-14-10-24(16-30(28)44-6)8-12-26(41)17-25(40)11-7-23-9-13-27(42)29(15-23)43-5/h7-16,31-35,42H,17-18H2,1-6H3/b11-7+,12-8+/t31-,32-,33+,34-,35-/m1/s1. The summed E-state index contributed by atoms with van der Waals surface area (Å²) in [7, 11) is 2.75. The molecule has 0 amide bonds.